The maximum atomic E-state index is 12.8. The summed E-state index contributed by atoms with van der Waals surface area (Å²) in [5, 5.41) is 3.02. The molecule has 0 aliphatic rings. The number of carbonyl (C=O) groups excluding carboxylic acids is 1. The zero-order valence-electron chi connectivity index (χ0n) is 16.1. The van der Waals surface area contributed by atoms with Crippen molar-refractivity contribution in [2.75, 3.05) is 32.5 Å². The fourth-order valence-electron chi connectivity index (χ4n) is 2.01. The Labute approximate surface area is 166 Å². The predicted molar refractivity (Wildman–Crippen MR) is 105 cm³/mol. The van der Waals surface area contributed by atoms with Crippen molar-refractivity contribution in [3.05, 3.63) is 18.2 Å². The predicted octanol–water partition coefficient (Wildman–Crippen LogP) is 5.19. The molecule has 0 bridgehead atoms. The quantitative estimate of drug-likeness (QED) is 0.339. The van der Waals surface area contributed by atoms with Crippen LogP contribution in [-0.2, 0) is 4.74 Å². The van der Waals surface area contributed by atoms with Crippen molar-refractivity contribution in [2.24, 2.45) is 0 Å². The van der Waals surface area contributed by atoms with Gasteiger partial charge in [-0.2, -0.15) is 13.2 Å². The number of ether oxygens (including phenoxy) is 1. The first-order valence-electron chi connectivity index (χ1n) is 8.32. The van der Waals surface area contributed by atoms with Gasteiger partial charge in [-0.15, -0.1) is 0 Å². The number of carbonyl (C=O) groups is 1. The second kappa shape index (κ2) is 10.3. The second-order valence-corrected chi connectivity index (χ2v) is 8.88. The molecule has 0 aliphatic carbocycles. The Morgan fingerprint density at radius 3 is 2.48 bits per heavy atom. The van der Waals surface area contributed by atoms with Crippen molar-refractivity contribution >= 4 is 35.5 Å². The van der Waals surface area contributed by atoms with Crippen LogP contribution in [0, 0.1) is 0 Å². The number of nitrogens with zero attached hydrogens (tertiary/aromatic N) is 1. The highest BCUT2D eigenvalue weighted by Gasteiger charge is 2.30. The molecule has 1 aromatic carbocycles. The summed E-state index contributed by atoms with van der Waals surface area (Å²) < 4.78 is 46.5. The van der Waals surface area contributed by atoms with Gasteiger partial charge in [-0.25, -0.2) is 4.79 Å². The number of alkyl halides is 3. The van der Waals surface area contributed by atoms with E-state index in [1.54, 1.807) is 47.0 Å². The number of rotatable bonds is 8. The molecule has 0 heterocycles. The van der Waals surface area contributed by atoms with E-state index in [4.69, 9.17) is 4.74 Å². The van der Waals surface area contributed by atoms with E-state index in [-0.39, 0.29) is 16.7 Å². The molecule has 1 aromatic rings. The number of hydrogen-bond acceptors (Lipinski definition) is 6. The third kappa shape index (κ3) is 10.0. The first-order valence-corrected chi connectivity index (χ1v) is 9.96. The van der Waals surface area contributed by atoms with Crippen LogP contribution in [0.4, 0.5) is 23.7 Å². The van der Waals surface area contributed by atoms with Crippen LogP contribution < -0.4 is 10.0 Å². The van der Waals surface area contributed by atoms with Gasteiger partial charge in [0.2, 0.25) is 0 Å². The number of amides is 1. The van der Waals surface area contributed by atoms with Crippen molar-refractivity contribution in [2.45, 2.75) is 48.1 Å². The van der Waals surface area contributed by atoms with Crippen LogP contribution in [0.15, 0.2) is 28.0 Å². The van der Waals surface area contributed by atoms with Gasteiger partial charge in [0.1, 0.15) is 5.60 Å². The first kappa shape index (κ1) is 23.8. The second-order valence-electron chi connectivity index (χ2n) is 6.69. The molecule has 0 aliphatic heterocycles. The minimum Gasteiger partial charge on any atom is -0.444 e. The zero-order chi connectivity index (χ0) is 20.7. The van der Waals surface area contributed by atoms with Crippen LogP contribution in [-0.4, -0.2) is 49.3 Å². The van der Waals surface area contributed by atoms with Crippen LogP contribution in [0.3, 0.4) is 0 Å². The van der Waals surface area contributed by atoms with E-state index in [2.05, 4.69) is 10.0 Å². The van der Waals surface area contributed by atoms with E-state index in [0.717, 1.165) is 0 Å². The van der Waals surface area contributed by atoms with Crippen LogP contribution in [0.2, 0.25) is 0 Å². The maximum absolute atomic E-state index is 12.8. The number of nitrogens with one attached hydrogen (secondary N) is 2. The Morgan fingerprint density at radius 2 is 1.93 bits per heavy atom. The van der Waals surface area contributed by atoms with Gasteiger partial charge in [0.05, 0.1) is 0 Å². The molecule has 0 atom stereocenters. The average molecular weight is 426 g/mol. The van der Waals surface area contributed by atoms with E-state index >= 15 is 0 Å². The van der Waals surface area contributed by atoms with Gasteiger partial charge < -0.3 is 15.0 Å². The van der Waals surface area contributed by atoms with Gasteiger partial charge in [0, 0.05) is 35.6 Å². The summed E-state index contributed by atoms with van der Waals surface area (Å²) in [5.41, 5.74) is -4.52. The summed E-state index contributed by atoms with van der Waals surface area (Å²) in [4.78, 5) is 14.1. The number of anilines is 1. The number of thioether (sulfide) groups is 1. The number of hydrogen-bond donors (Lipinski definition) is 2. The Hall–Kier alpha value is -1.26. The lowest BCUT2D eigenvalue weighted by atomic mass is 10.2. The van der Waals surface area contributed by atoms with Gasteiger partial charge in [-0.05, 0) is 76.1 Å². The molecule has 0 saturated heterocycles. The summed E-state index contributed by atoms with van der Waals surface area (Å²) in [7, 11) is 3.33. The fraction of sp³-hybridized carbons (Fsp3) is 0.588. The third-order valence-corrected chi connectivity index (χ3v) is 4.57. The lowest BCUT2D eigenvalue weighted by Crippen LogP contribution is -2.35. The van der Waals surface area contributed by atoms with E-state index in [9.17, 15) is 18.0 Å². The molecule has 5 nitrogen and oxygen atoms in total. The molecule has 27 heavy (non-hydrogen) atoms. The highest BCUT2D eigenvalue weighted by atomic mass is 32.2. The standard InChI is InChI=1S/C17H26F3N3O2S2/c1-16(2,3)25-15(24)23(5)10-6-9-22-13-8-7-12(27-21-4)11-14(13)26-17(18,19)20/h7-8,11,21-22H,6,9-10H2,1-5H3. The highest BCUT2D eigenvalue weighted by molar-refractivity contribution is 8.00. The lowest BCUT2D eigenvalue weighted by molar-refractivity contribution is -0.0328. The van der Waals surface area contributed by atoms with Crippen molar-refractivity contribution in [1.82, 2.24) is 9.62 Å². The largest absolute Gasteiger partial charge is 0.446 e. The number of halogens is 3. The maximum Gasteiger partial charge on any atom is 0.446 e. The van der Waals surface area contributed by atoms with Crippen molar-refractivity contribution in [3.8, 4) is 0 Å². The molecule has 2 N–H and O–H groups in total. The van der Waals surface area contributed by atoms with Crippen molar-refractivity contribution in [1.29, 1.82) is 0 Å². The van der Waals surface area contributed by atoms with Gasteiger partial charge in [-0.3, -0.25) is 4.72 Å². The van der Waals surface area contributed by atoms with Crippen molar-refractivity contribution < 1.29 is 22.7 Å². The molecule has 0 spiro atoms. The Balaban J connectivity index is 2.61. The summed E-state index contributed by atoms with van der Waals surface area (Å²) in [6.45, 7) is 6.22. The van der Waals surface area contributed by atoms with Gasteiger partial charge in [-0.1, -0.05) is 0 Å². The van der Waals surface area contributed by atoms with E-state index in [1.807, 2.05) is 0 Å². The Kier molecular flexibility index (Phi) is 9.10. The molecule has 0 saturated carbocycles. The zero-order valence-corrected chi connectivity index (χ0v) is 17.7. The normalized spacial score (nSPS) is 12.0. The molecule has 0 unspecified atom stereocenters. The van der Waals surface area contributed by atoms with Crippen LogP contribution >= 0.6 is 23.7 Å². The van der Waals surface area contributed by atoms with Gasteiger partial charge in [0.15, 0.2) is 0 Å². The smallest absolute Gasteiger partial charge is 0.444 e. The summed E-state index contributed by atoms with van der Waals surface area (Å²) in [6.07, 6.45) is 0.142. The SMILES string of the molecule is CNSc1ccc(NCCCN(C)C(=O)OC(C)(C)C)c(SC(F)(F)F)c1. The van der Waals surface area contributed by atoms with E-state index < -0.39 is 17.2 Å². The topological polar surface area (TPSA) is 53.6 Å². The van der Waals surface area contributed by atoms with Crippen LogP contribution in [0.1, 0.15) is 27.2 Å². The average Bonchev–Trinajstić information content (AvgIpc) is 2.50. The van der Waals surface area contributed by atoms with Crippen molar-refractivity contribution in [3.63, 3.8) is 0 Å². The minimum absolute atomic E-state index is 0.114. The molecule has 0 fully saturated rings. The van der Waals surface area contributed by atoms with E-state index in [1.165, 1.54) is 22.9 Å². The molecule has 1 amide bonds. The van der Waals surface area contributed by atoms with Crippen LogP contribution in [0.5, 0.6) is 0 Å². The fourth-order valence-corrected chi connectivity index (χ4v) is 3.32. The van der Waals surface area contributed by atoms with Gasteiger partial charge in [0.25, 0.3) is 0 Å². The molecular formula is C17H26F3N3O2S2. The Bertz CT molecular complexity index is 622. The summed E-state index contributed by atoms with van der Waals surface area (Å²) in [5.74, 6) is 0. The summed E-state index contributed by atoms with van der Waals surface area (Å²) in [6, 6.07) is 4.87. The third-order valence-electron chi connectivity index (χ3n) is 3.09. The first-order chi connectivity index (χ1) is 12.4. The monoisotopic (exact) mass is 425 g/mol. The molecular weight excluding hydrogens is 399 g/mol. The van der Waals surface area contributed by atoms with Crippen LogP contribution in [0.25, 0.3) is 0 Å². The minimum atomic E-state index is -4.36. The lowest BCUT2D eigenvalue weighted by Gasteiger charge is -2.24. The molecule has 0 radical (unpaired) electrons. The summed E-state index contributed by atoms with van der Waals surface area (Å²) >= 11 is 1.10. The van der Waals surface area contributed by atoms with Gasteiger partial charge >= 0.3 is 11.6 Å². The molecule has 0 aromatic heterocycles. The number of benzene rings is 1. The Morgan fingerprint density at radius 1 is 1.26 bits per heavy atom. The highest BCUT2D eigenvalue weighted by Crippen LogP contribution is 2.41. The van der Waals surface area contributed by atoms with E-state index in [0.29, 0.717) is 30.1 Å². The molecule has 1 rings (SSSR count). The molecule has 154 valence electrons. The molecule has 10 heteroatoms.